The van der Waals surface area contributed by atoms with E-state index in [0.717, 1.165) is 11.3 Å². The van der Waals surface area contributed by atoms with Crippen molar-refractivity contribution in [1.82, 2.24) is 4.98 Å². The predicted molar refractivity (Wildman–Crippen MR) is 81.6 cm³/mol. The van der Waals surface area contributed by atoms with Crippen LogP contribution in [0.25, 0.3) is 0 Å². The Balaban J connectivity index is 1.75. The van der Waals surface area contributed by atoms with Gasteiger partial charge in [0.25, 0.3) is 5.91 Å². The molecule has 5 nitrogen and oxygen atoms in total. The lowest BCUT2D eigenvalue weighted by Crippen LogP contribution is -2.21. The van der Waals surface area contributed by atoms with Gasteiger partial charge in [0.05, 0.1) is 12.1 Å². The Hall–Kier alpha value is -1.92. The highest BCUT2D eigenvalue weighted by atomic mass is 35.5. The van der Waals surface area contributed by atoms with E-state index in [4.69, 9.17) is 16.3 Å². The number of rotatable bonds is 5. The molecule has 0 saturated heterocycles. The molecule has 7 heteroatoms. The van der Waals surface area contributed by atoms with E-state index in [9.17, 15) is 9.59 Å². The fraction of sp³-hybridized carbons (Fsp3) is 0.214. The van der Waals surface area contributed by atoms with Crippen LogP contribution in [0.5, 0.6) is 0 Å². The van der Waals surface area contributed by atoms with Crippen LogP contribution in [-0.4, -0.2) is 23.5 Å². The van der Waals surface area contributed by atoms with E-state index in [1.807, 2.05) is 12.3 Å². The summed E-state index contributed by atoms with van der Waals surface area (Å²) in [6.45, 7) is 1.50. The maximum Gasteiger partial charge on any atom is 0.310 e. The third-order valence-electron chi connectivity index (χ3n) is 2.49. The number of esters is 1. The van der Waals surface area contributed by atoms with Crippen LogP contribution in [0.1, 0.15) is 11.3 Å². The van der Waals surface area contributed by atoms with Crippen LogP contribution in [0.15, 0.2) is 29.6 Å². The molecule has 2 rings (SSSR count). The molecule has 110 valence electrons. The van der Waals surface area contributed by atoms with Crippen molar-refractivity contribution in [2.24, 2.45) is 0 Å². The molecule has 0 saturated carbocycles. The molecule has 0 bridgehead atoms. The lowest BCUT2D eigenvalue weighted by molar-refractivity contribution is -0.146. The summed E-state index contributed by atoms with van der Waals surface area (Å²) in [6.07, 6.45) is 0.0980. The highest BCUT2D eigenvalue weighted by molar-refractivity contribution is 7.13. The summed E-state index contributed by atoms with van der Waals surface area (Å²) in [7, 11) is 0. The molecular formula is C14H13ClN2O3S. The van der Waals surface area contributed by atoms with Crippen LogP contribution in [0.3, 0.4) is 0 Å². The van der Waals surface area contributed by atoms with E-state index in [1.165, 1.54) is 11.3 Å². The number of anilines is 1. The number of carbonyl (C=O) groups is 2. The molecule has 1 amide bonds. The summed E-state index contributed by atoms with van der Waals surface area (Å²) in [5.74, 6) is -0.878. The topological polar surface area (TPSA) is 68.3 Å². The minimum absolute atomic E-state index is 0.0980. The van der Waals surface area contributed by atoms with Gasteiger partial charge in [0.15, 0.2) is 11.7 Å². The Labute approximate surface area is 130 Å². The number of amides is 1. The number of carbonyl (C=O) groups excluding carboxylic acids is 2. The second-order valence-electron chi connectivity index (χ2n) is 4.31. The first kappa shape index (κ1) is 15.5. The van der Waals surface area contributed by atoms with E-state index in [1.54, 1.807) is 24.3 Å². The summed E-state index contributed by atoms with van der Waals surface area (Å²) in [5.41, 5.74) is 1.61. The first-order chi connectivity index (χ1) is 10.0. The average Bonchev–Trinajstić information content (AvgIpc) is 2.84. The van der Waals surface area contributed by atoms with E-state index in [-0.39, 0.29) is 13.0 Å². The van der Waals surface area contributed by atoms with E-state index in [2.05, 4.69) is 10.3 Å². The maximum atomic E-state index is 11.6. The lowest BCUT2D eigenvalue weighted by atomic mass is 10.1. The van der Waals surface area contributed by atoms with Gasteiger partial charge in [-0.15, -0.1) is 11.3 Å². The smallest absolute Gasteiger partial charge is 0.310 e. The van der Waals surface area contributed by atoms with Gasteiger partial charge < -0.3 is 4.74 Å². The molecule has 0 aliphatic rings. The number of aromatic nitrogens is 1. The molecule has 0 fully saturated rings. The summed E-state index contributed by atoms with van der Waals surface area (Å²) < 4.78 is 4.91. The fourth-order valence-corrected chi connectivity index (χ4v) is 2.36. The molecule has 1 aromatic carbocycles. The normalized spacial score (nSPS) is 10.2. The molecule has 1 N–H and O–H groups in total. The van der Waals surface area contributed by atoms with Crippen molar-refractivity contribution in [3.63, 3.8) is 0 Å². The highest BCUT2D eigenvalue weighted by Crippen LogP contribution is 2.14. The molecule has 21 heavy (non-hydrogen) atoms. The summed E-state index contributed by atoms with van der Waals surface area (Å²) in [4.78, 5) is 27.3. The molecule has 0 atom stereocenters. The summed E-state index contributed by atoms with van der Waals surface area (Å²) in [5, 5.41) is 5.48. The number of hydrogen-bond donors (Lipinski definition) is 1. The van der Waals surface area contributed by atoms with Gasteiger partial charge in [-0.05, 0) is 24.6 Å². The monoisotopic (exact) mass is 324 g/mol. The number of halogens is 1. The largest absolute Gasteiger partial charge is 0.455 e. The van der Waals surface area contributed by atoms with Gasteiger partial charge in [0, 0.05) is 10.4 Å². The molecule has 0 spiro atoms. The van der Waals surface area contributed by atoms with E-state index in [0.29, 0.717) is 10.2 Å². The van der Waals surface area contributed by atoms with Crippen molar-refractivity contribution in [2.75, 3.05) is 11.9 Å². The third kappa shape index (κ3) is 5.17. The standard InChI is InChI=1S/C14H13ClN2O3S/c1-9-8-21-14(16-9)17-12(18)7-20-13(19)6-10-2-4-11(15)5-3-10/h2-5,8H,6-7H2,1H3,(H,16,17,18). The zero-order chi connectivity index (χ0) is 15.2. The molecule has 0 unspecified atom stereocenters. The van der Waals surface area contributed by atoms with Crippen LogP contribution in [0.2, 0.25) is 5.02 Å². The van der Waals surface area contributed by atoms with Gasteiger partial charge in [0.2, 0.25) is 0 Å². The number of benzene rings is 1. The van der Waals surface area contributed by atoms with Gasteiger partial charge in [-0.1, -0.05) is 23.7 Å². The number of ether oxygens (including phenoxy) is 1. The second kappa shape index (κ2) is 7.19. The SMILES string of the molecule is Cc1csc(NC(=O)COC(=O)Cc2ccc(Cl)cc2)n1. The van der Waals surface area contributed by atoms with Crippen molar-refractivity contribution < 1.29 is 14.3 Å². The zero-order valence-electron chi connectivity index (χ0n) is 11.3. The average molecular weight is 325 g/mol. The van der Waals surface area contributed by atoms with Crippen LogP contribution >= 0.6 is 22.9 Å². The first-order valence-electron chi connectivity index (χ1n) is 6.15. The van der Waals surface area contributed by atoms with Gasteiger partial charge in [-0.3, -0.25) is 14.9 Å². The van der Waals surface area contributed by atoms with Crippen molar-refractivity contribution in [1.29, 1.82) is 0 Å². The van der Waals surface area contributed by atoms with Crippen LogP contribution in [-0.2, 0) is 20.7 Å². The number of nitrogens with one attached hydrogen (secondary N) is 1. The number of thiazole rings is 1. The molecule has 0 radical (unpaired) electrons. The minimum Gasteiger partial charge on any atom is -0.455 e. The van der Waals surface area contributed by atoms with E-state index >= 15 is 0 Å². The Morgan fingerprint density at radius 2 is 2.05 bits per heavy atom. The van der Waals surface area contributed by atoms with Crippen molar-refractivity contribution in [3.05, 3.63) is 45.9 Å². The first-order valence-corrected chi connectivity index (χ1v) is 7.41. The molecule has 2 aromatic rings. The van der Waals surface area contributed by atoms with Crippen LogP contribution < -0.4 is 5.32 Å². The summed E-state index contributed by atoms with van der Waals surface area (Å²) in [6, 6.07) is 6.87. The number of nitrogens with zero attached hydrogens (tertiary/aromatic N) is 1. The number of hydrogen-bond acceptors (Lipinski definition) is 5. The van der Waals surface area contributed by atoms with Crippen molar-refractivity contribution in [3.8, 4) is 0 Å². The van der Waals surface area contributed by atoms with Crippen molar-refractivity contribution >= 4 is 39.9 Å². The Bertz CT molecular complexity index is 640. The predicted octanol–water partition coefficient (Wildman–Crippen LogP) is 2.83. The second-order valence-corrected chi connectivity index (χ2v) is 5.60. The molecule has 1 heterocycles. The molecular weight excluding hydrogens is 312 g/mol. The zero-order valence-corrected chi connectivity index (χ0v) is 12.8. The highest BCUT2D eigenvalue weighted by Gasteiger charge is 2.10. The fourth-order valence-electron chi connectivity index (χ4n) is 1.53. The lowest BCUT2D eigenvalue weighted by Gasteiger charge is -2.05. The summed E-state index contributed by atoms with van der Waals surface area (Å²) >= 11 is 7.08. The van der Waals surface area contributed by atoms with Crippen molar-refractivity contribution in [2.45, 2.75) is 13.3 Å². The molecule has 0 aliphatic heterocycles. The van der Waals surface area contributed by atoms with Gasteiger partial charge in [0.1, 0.15) is 0 Å². The van der Waals surface area contributed by atoms with Gasteiger partial charge in [-0.25, -0.2) is 4.98 Å². The Morgan fingerprint density at radius 1 is 1.33 bits per heavy atom. The maximum absolute atomic E-state index is 11.6. The Kier molecular flexibility index (Phi) is 5.30. The van der Waals surface area contributed by atoms with E-state index < -0.39 is 11.9 Å². The molecule has 1 aromatic heterocycles. The van der Waals surface area contributed by atoms with Gasteiger partial charge in [-0.2, -0.15) is 0 Å². The van der Waals surface area contributed by atoms with Crippen LogP contribution in [0, 0.1) is 6.92 Å². The quantitative estimate of drug-likeness (QED) is 0.859. The number of aryl methyl sites for hydroxylation is 1. The minimum atomic E-state index is -0.470. The Morgan fingerprint density at radius 3 is 2.67 bits per heavy atom. The molecule has 0 aliphatic carbocycles. The third-order valence-corrected chi connectivity index (χ3v) is 3.62. The van der Waals surface area contributed by atoms with Crippen LogP contribution in [0.4, 0.5) is 5.13 Å². The van der Waals surface area contributed by atoms with Gasteiger partial charge >= 0.3 is 5.97 Å².